The van der Waals surface area contributed by atoms with Crippen molar-refractivity contribution < 1.29 is 13.2 Å². The number of fused-ring (bicyclic) bond motifs is 1. The Morgan fingerprint density at radius 3 is 2.59 bits per heavy atom. The normalized spacial score (nSPS) is 13.9. The predicted octanol–water partition coefficient (Wildman–Crippen LogP) is 3.54. The van der Waals surface area contributed by atoms with Crippen LogP contribution in [0, 0.1) is 0 Å². The first-order valence-corrected chi connectivity index (χ1v) is 5.26. The van der Waals surface area contributed by atoms with Gasteiger partial charge in [0.05, 0.1) is 0 Å². The van der Waals surface area contributed by atoms with E-state index in [1.54, 1.807) is 18.2 Å². The smallest absolute Gasteiger partial charge is 0.374 e. The Morgan fingerprint density at radius 2 is 1.94 bits per heavy atom. The van der Waals surface area contributed by atoms with E-state index in [4.69, 9.17) is 0 Å². The summed E-state index contributed by atoms with van der Waals surface area (Å²) in [6.45, 7) is 1.11. The van der Waals surface area contributed by atoms with Gasteiger partial charge in [0.2, 0.25) is 0 Å². The summed E-state index contributed by atoms with van der Waals surface area (Å²) >= 11 is 0. The molecule has 0 saturated heterocycles. The second-order valence-corrected chi connectivity index (χ2v) is 4.11. The average molecular weight is 242 g/mol. The van der Waals surface area contributed by atoms with Crippen LogP contribution in [0.3, 0.4) is 0 Å². The number of nitrogens with zero attached hydrogens (tertiary/aromatic N) is 1. The molecule has 2 aromatic rings. The Morgan fingerprint density at radius 1 is 1.24 bits per heavy atom. The van der Waals surface area contributed by atoms with Crippen LogP contribution in [-0.4, -0.2) is 16.8 Å². The van der Waals surface area contributed by atoms with Gasteiger partial charge < -0.3 is 9.88 Å². The molecule has 0 radical (unpaired) electrons. The molecule has 0 amide bonds. The Hall–Kier alpha value is -1.65. The van der Waals surface area contributed by atoms with Crippen LogP contribution in [0.1, 0.15) is 6.92 Å². The number of rotatable bonds is 2. The average Bonchev–Trinajstić information content (AvgIpc) is 2.59. The van der Waals surface area contributed by atoms with Crippen molar-refractivity contribution in [2.24, 2.45) is 7.05 Å². The first kappa shape index (κ1) is 11.8. The van der Waals surface area contributed by atoms with E-state index in [-0.39, 0.29) is 0 Å². The number of halogens is 3. The van der Waals surface area contributed by atoms with E-state index < -0.39 is 12.2 Å². The molecule has 1 atom stereocenters. The third-order valence-electron chi connectivity index (χ3n) is 2.76. The maximum atomic E-state index is 12.4. The molecule has 5 heteroatoms. The first-order chi connectivity index (χ1) is 7.88. The number of nitrogens with one attached hydrogen (secondary N) is 1. The maximum Gasteiger partial charge on any atom is 0.408 e. The number of alkyl halides is 3. The number of hydrogen-bond acceptors (Lipinski definition) is 1. The van der Waals surface area contributed by atoms with Crippen LogP contribution in [-0.2, 0) is 7.05 Å². The van der Waals surface area contributed by atoms with Crippen molar-refractivity contribution in [1.29, 1.82) is 0 Å². The number of aryl methyl sites for hydroxylation is 1. The van der Waals surface area contributed by atoms with Crippen molar-refractivity contribution in [3.8, 4) is 0 Å². The van der Waals surface area contributed by atoms with Crippen LogP contribution in [0.2, 0.25) is 0 Å². The highest BCUT2D eigenvalue weighted by atomic mass is 19.4. The van der Waals surface area contributed by atoms with Gasteiger partial charge in [-0.3, -0.25) is 0 Å². The van der Waals surface area contributed by atoms with E-state index in [0.717, 1.165) is 17.8 Å². The molecule has 1 unspecified atom stereocenters. The third-order valence-corrected chi connectivity index (χ3v) is 2.76. The molecule has 0 aliphatic carbocycles. The molecule has 1 aromatic carbocycles. The number of aromatic nitrogens is 1. The van der Waals surface area contributed by atoms with Gasteiger partial charge in [-0.25, -0.2) is 0 Å². The molecule has 92 valence electrons. The van der Waals surface area contributed by atoms with E-state index in [1.165, 1.54) is 0 Å². The van der Waals surface area contributed by atoms with E-state index >= 15 is 0 Å². The standard InChI is InChI=1S/C12H13F3N2/c1-8(12(13,14)15)16-10-3-4-11-9(7-10)5-6-17(11)2/h3-8,16H,1-2H3. The summed E-state index contributed by atoms with van der Waals surface area (Å²) in [5.41, 5.74) is 1.48. The van der Waals surface area contributed by atoms with Crippen molar-refractivity contribution in [3.63, 3.8) is 0 Å². The quantitative estimate of drug-likeness (QED) is 0.852. The number of anilines is 1. The lowest BCUT2D eigenvalue weighted by atomic mass is 10.2. The van der Waals surface area contributed by atoms with Crippen LogP contribution in [0.15, 0.2) is 30.5 Å². The van der Waals surface area contributed by atoms with Crippen LogP contribution in [0.25, 0.3) is 10.9 Å². The number of hydrogen-bond donors (Lipinski definition) is 1. The fourth-order valence-corrected chi connectivity index (χ4v) is 1.70. The molecule has 2 nitrogen and oxygen atoms in total. The SMILES string of the molecule is CC(Nc1ccc2c(ccn2C)c1)C(F)(F)F. The Labute approximate surface area is 97.0 Å². The van der Waals surface area contributed by atoms with Crippen molar-refractivity contribution >= 4 is 16.6 Å². The summed E-state index contributed by atoms with van der Waals surface area (Å²) in [7, 11) is 1.90. The third kappa shape index (κ3) is 2.38. The molecule has 17 heavy (non-hydrogen) atoms. The minimum atomic E-state index is -4.23. The van der Waals surface area contributed by atoms with Crippen LogP contribution in [0.5, 0.6) is 0 Å². The molecular weight excluding hydrogens is 229 g/mol. The molecule has 0 aliphatic rings. The van der Waals surface area contributed by atoms with E-state index in [1.807, 2.05) is 23.9 Å². The summed E-state index contributed by atoms with van der Waals surface area (Å²) in [4.78, 5) is 0. The Bertz CT molecular complexity index is 528. The van der Waals surface area contributed by atoms with Crippen LogP contribution >= 0.6 is 0 Å². The first-order valence-electron chi connectivity index (χ1n) is 5.26. The number of benzene rings is 1. The van der Waals surface area contributed by atoms with E-state index in [9.17, 15) is 13.2 Å². The largest absolute Gasteiger partial charge is 0.408 e. The van der Waals surface area contributed by atoms with Gasteiger partial charge in [0.1, 0.15) is 6.04 Å². The minimum absolute atomic E-state index is 0.480. The predicted molar refractivity (Wildman–Crippen MR) is 62.1 cm³/mol. The molecule has 2 rings (SSSR count). The highest BCUT2D eigenvalue weighted by molar-refractivity contribution is 5.83. The summed E-state index contributed by atoms with van der Waals surface area (Å²) in [6.07, 6.45) is -2.35. The highest BCUT2D eigenvalue weighted by Gasteiger charge is 2.35. The van der Waals surface area contributed by atoms with Crippen molar-refractivity contribution in [1.82, 2.24) is 4.57 Å². The van der Waals surface area contributed by atoms with Gasteiger partial charge in [0.25, 0.3) is 0 Å². The van der Waals surface area contributed by atoms with E-state index in [2.05, 4.69) is 5.32 Å². The summed E-state index contributed by atoms with van der Waals surface area (Å²) in [5, 5.41) is 3.37. The second-order valence-electron chi connectivity index (χ2n) is 4.11. The van der Waals surface area contributed by atoms with Gasteiger partial charge in [0.15, 0.2) is 0 Å². The lowest BCUT2D eigenvalue weighted by molar-refractivity contribution is -0.138. The molecule has 0 spiro atoms. The van der Waals surface area contributed by atoms with Gasteiger partial charge in [-0.1, -0.05) is 0 Å². The molecule has 0 fully saturated rings. The highest BCUT2D eigenvalue weighted by Crippen LogP contribution is 2.25. The summed E-state index contributed by atoms with van der Waals surface area (Å²) < 4.78 is 39.1. The van der Waals surface area contributed by atoms with Crippen molar-refractivity contribution in [3.05, 3.63) is 30.5 Å². The van der Waals surface area contributed by atoms with Gasteiger partial charge in [0, 0.05) is 29.8 Å². The second kappa shape index (κ2) is 3.98. The molecule has 1 N–H and O–H groups in total. The fourth-order valence-electron chi connectivity index (χ4n) is 1.70. The molecule has 0 saturated carbocycles. The topological polar surface area (TPSA) is 17.0 Å². The molecule has 1 aromatic heterocycles. The molecule has 0 aliphatic heterocycles. The zero-order valence-electron chi connectivity index (χ0n) is 9.55. The van der Waals surface area contributed by atoms with E-state index in [0.29, 0.717) is 5.69 Å². The van der Waals surface area contributed by atoms with Gasteiger partial charge in [-0.2, -0.15) is 13.2 Å². The zero-order chi connectivity index (χ0) is 12.6. The molecular formula is C12H13F3N2. The van der Waals surface area contributed by atoms with Gasteiger partial charge in [-0.15, -0.1) is 0 Å². The summed E-state index contributed by atoms with van der Waals surface area (Å²) in [5.74, 6) is 0. The Kier molecular flexibility index (Phi) is 2.77. The monoisotopic (exact) mass is 242 g/mol. The van der Waals surface area contributed by atoms with Crippen molar-refractivity contribution in [2.45, 2.75) is 19.1 Å². The maximum absolute atomic E-state index is 12.4. The fraction of sp³-hybridized carbons (Fsp3) is 0.333. The lowest BCUT2D eigenvalue weighted by Gasteiger charge is -2.18. The zero-order valence-corrected chi connectivity index (χ0v) is 9.55. The van der Waals surface area contributed by atoms with Gasteiger partial charge >= 0.3 is 6.18 Å². The lowest BCUT2D eigenvalue weighted by Crippen LogP contribution is -2.32. The molecule has 1 heterocycles. The summed E-state index contributed by atoms with van der Waals surface area (Å²) in [6, 6.07) is 5.51. The molecule has 0 bridgehead atoms. The Balaban J connectivity index is 2.25. The van der Waals surface area contributed by atoms with Crippen LogP contribution in [0.4, 0.5) is 18.9 Å². The van der Waals surface area contributed by atoms with Crippen molar-refractivity contribution in [2.75, 3.05) is 5.32 Å². The van der Waals surface area contributed by atoms with Gasteiger partial charge in [-0.05, 0) is 31.2 Å². The minimum Gasteiger partial charge on any atom is -0.374 e. The van der Waals surface area contributed by atoms with Crippen LogP contribution < -0.4 is 5.32 Å².